The number of hydrogen-bond acceptors (Lipinski definition) is 3. The van der Waals surface area contributed by atoms with Gasteiger partial charge in [0.15, 0.2) is 0 Å². The van der Waals surface area contributed by atoms with Crippen molar-refractivity contribution in [3.63, 3.8) is 0 Å². The first-order valence-corrected chi connectivity index (χ1v) is 6.82. The molecule has 1 heterocycles. The molecule has 0 radical (unpaired) electrons. The normalized spacial score (nSPS) is 10.3. The minimum absolute atomic E-state index is 0.0176. The number of ether oxygens (including phenoxy) is 1. The molecule has 110 valence electrons. The Bertz CT molecular complexity index is 680. The van der Waals surface area contributed by atoms with Gasteiger partial charge in [0, 0.05) is 6.07 Å². The molecule has 0 fully saturated rings. The fraction of sp³-hybridized carbons (Fsp3) is 0.143. The van der Waals surface area contributed by atoms with E-state index in [0.29, 0.717) is 12.3 Å². The van der Waals surface area contributed by atoms with E-state index in [1.807, 2.05) is 0 Å². The van der Waals surface area contributed by atoms with Crippen molar-refractivity contribution in [1.82, 2.24) is 4.98 Å². The molecule has 1 aromatic heterocycles. The molecule has 4 nitrogen and oxygen atoms in total. The first-order valence-electron chi connectivity index (χ1n) is 6.07. The van der Waals surface area contributed by atoms with E-state index in [-0.39, 0.29) is 21.6 Å². The number of aromatic nitrogens is 1. The number of nitrogens with one attached hydrogen (secondary N) is 1. The summed E-state index contributed by atoms with van der Waals surface area (Å²) in [5, 5.41) is 2.88. The predicted octanol–water partition coefficient (Wildman–Crippen LogP) is 4.18. The monoisotopic (exact) mass is 328 g/mol. The van der Waals surface area contributed by atoms with Crippen molar-refractivity contribution in [2.24, 2.45) is 0 Å². The first kappa shape index (κ1) is 15.5. The second-order valence-corrected chi connectivity index (χ2v) is 4.79. The smallest absolute Gasteiger partial charge is 0.275 e. The van der Waals surface area contributed by atoms with E-state index in [4.69, 9.17) is 27.9 Å². The van der Waals surface area contributed by atoms with Crippen LogP contribution in [-0.4, -0.2) is 17.5 Å². The molecule has 0 atom stereocenters. The molecule has 0 aliphatic rings. The highest BCUT2D eigenvalue weighted by Crippen LogP contribution is 2.27. The average Bonchev–Trinajstić information content (AvgIpc) is 2.44. The van der Waals surface area contributed by atoms with E-state index in [9.17, 15) is 9.18 Å². The predicted molar refractivity (Wildman–Crippen MR) is 79.8 cm³/mol. The van der Waals surface area contributed by atoms with Gasteiger partial charge in [0.05, 0.1) is 17.3 Å². The molecule has 0 bridgehead atoms. The summed E-state index contributed by atoms with van der Waals surface area (Å²) >= 11 is 11.7. The second-order valence-electron chi connectivity index (χ2n) is 3.99. The maximum absolute atomic E-state index is 13.2. The van der Waals surface area contributed by atoms with Crippen molar-refractivity contribution >= 4 is 34.8 Å². The zero-order chi connectivity index (χ0) is 15.4. The molecule has 0 saturated heterocycles. The van der Waals surface area contributed by atoms with Crippen LogP contribution in [0.15, 0.2) is 30.3 Å². The summed E-state index contributed by atoms with van der Waals surface area (Å²) in [6, 6.07) is 6.75. The number of carbonyl (C=O) groups excluding carboxylic acids is 1. The third kappa shape index (κ3) is 3.83. The van der Waals surface area contributed by atoms with E-state index in [1.165, 1.54) is 30.3 Å². The number of carbonyl (C=O) groups is 1. The van der Waals surface area contributed by atoms with Gasteiger partial charge in [0.2, 0.25) is 0 Å². The molecule has 0 unspecified atom stereocenters. The lowest BCUT2D eigenvalue weighted by molar-refractivity contribution is 0.102. The number of halogens is 3. The highest BCUT2D eigenvalue weighted by molar-refractivity contribution is 6.35. The fourth-order valence-electron chi connectivity index (χ4n) is 1.63. The molecule has 0 saturated carbocycles. The second kappa shape index (κ2) is 6.74. The lowest BCUT2D eigenvalue weighted by Gasteiger charge is -2.11. The molecule has 0 spiro atoms. The number of amides is 1. The van der Waals surface area contributed by atoms with Crippen LogP contribution in [0, 0.1) is 5.82 Å². The Morgan fingerprint density at radius 2 is 2.10 bits per heavy atom. The van der Waals surface area contributed by atoms with Gasteiger partial charge in [0.25, 0.3) is 5.91 Å². The molecule has 0 aliphatic heterocycles. The van der Waals surface area contributed by atoms with Crippen LogP contribution in [0.25, 0.3) is 0 Å². The number of pyridine rings is 1. The van der Waals surface area contributed by atoms with Crippen molar-refractivity contribution in [1.29, 1.82) is 0 Å². The molecule has 1 aromatic carbocycles. The summed E-state index contributed by atoms with van der Waals surface area (Å²) in [5.74, 6) is -0.797. The SMILES string of the molecule is CCOc1cc(F)ccc1NC(=O)c1nc(Cl)ccc1Cl. The van der Waals surface area contributed by atoms with Crippen LogP contribution >= 0.6 is 23.2 Å². The van der Waals surface area contributed by atoms with Gasteiger partial charge in [-0.05, 0) is 31.2 Å². The molecule has 2 rings (SSSR count). The molecule has 7 heteroatoms. The zero-order valence-electron chi connectivity index (χ0n) is 11.0. The number of hydrogen-bond donors (Lipinski definition) is 1. The molecule has 1 N–H and O–H groups in total. The largest absolute Gasteiger partial charge is 0.492 e. The van der Waals surface area contributed by atoms with Gasteiger partial charge in [-0.15, -0.1) is 0 Å². The molecule has 1 amide bonds. The molecule has 21 heavy (non-hydrogen) atoms. The average molecular weight is 329 g/mol. The summed E-state index contributed by atoms with van der Waals surface area (Å²) in [4.78, 5) is 16.0. The van der Waals surface area contributed by atoms with Gasteiger partial charge < -0.3 is 10.1 Å². The van der Waals surface area contributed by atoms with E-state index >= 15 is 0 Å². The highest BCUT2D eigenvalue weighted by Gasteiger charge is 2.15. The Labute approximate surface area is 130 Å². The van der Waals surface area contributed by atoms with Crippen LogP contribution in [0.1, 0.15) is 17.4 Å². The Kier molecular flexibility index (Phi) is 4.98. The summed E-state index contributed by atoms with van der Waals surface area (Å²) in [7, 11) is 0. The van der Waals surface area contributed by atoms with Crippen molar-refractivity contribution < 1.29 is 13.9 Å². The standard InChI is InChI=1S/C14H11Cl2FN2O2/c1-2-21-11-7-8(17)3-5-10(11)18-14(20)13-9(15)4-6-12(16)19-13/h3-7H,2H2,1H3,(H,18,20). The molecular weight excluding hydrogens is 318 g/mol. The summed E-state index contributed by atoms with van der Waals surface area (Å²) < 4.78 is 18.5. The summed E-state index contributed by atoms with van der Waals surface area (Å²) in [6.07, 6.45) is 0. The van der Waals surface area contributed by atoms with Gasteiger partial charge in [-0.1, -0.05) is 23.2 Å². The fourth-order valence-corrected chi connectivity index (χ4v) is 1.97. The van der Waals surface area contributed by atoms with E-state index in [2.05, 4.69) is 10.3 Å². The van der Waals surface area contributed by atoms with Crippen molar-refractivity contribution in [3.05, 3.63) is 52.0 Å². The lowest BCUT2D eigenvalue weighted by atomic mass is 10.2. The Morgan fingerprint density at radius 3 is 2.81 bits per heavy atom. The quantitative estimate of drug-likeness (QED) is 0.856. The van der Waals surface area contributed by atoms with Crippen LogP contribution in [0.3, 0.4) is 0 Å². The third-order valence-electron chi connectivity index (χ3n) is 2.52. The minimum atomic E-state index is -0.560. The Balaban J connectivity index is 2.29. The topological polar surface area (TPSA) is 51.2 Å². The van der Waals surface area contributed by atoms with Crippen LogP contribution in [0.4, 0.5) is 10.1 Å². The molecule has 2 aromatic rings. The van der Waals surface area contributed by atoms with Gasteiger partial charge in [-0.25, -0.2) is 9.37 Å². The number of anilines is 1. The van der Waals surface area contributed by atoms with E-state index in [1.54, 1.807) is 6.92 Å². The van der Waals surface area contributed by atoms with Crippen LogP contribution in [-0.2, 0) is 0 Å². The number of nitrogens with zero attached hydrogens (tertiary/aromatic N) is 1. The minimum Gasteiger partial charge on any atom is -0.492 e. The molecule has 0 aliphatic carbocycles. The van der Waals surface area contributed by atoms with Crippen molar-refractivity contribution in [2.75, 3.05) is 11.9 Å². The van der Waals surface area contributed by atoms with E-state index in [0.717, 1.165) is 0 Å². The van der Waals surface area contributed by atoms with Crippen molar-refractivity contribution in [2.45, 2.75) is 6.92 Å². The first-order chi connectivity index (χ1) is 10.0. The maximum atomic E-state index is 13.2. The van der Waals surface area contributed by atoms with E-state index < -0.39 is 11.7 Å². The van der Waals surface area contributed by atoms with Gasteiger partial charge in [0.1, 0.15) is 22.4 Å². The maximum Gasteiger partial charge on any atom is 0.275 e. The highest BCUT2D eigenvalue weighted by atomic mass is 35.5. The van der Waals surface area contributed by atoms with Crippen molar-refractivity contribution in [3.8, 4) is 5.75 Å². The van der Waals surface area contributed by atoms with Gasteiger partial charge in [-0.2, -0.15) is 0 Å². The molecular formula is C14H11Cl2FN2O2. The van der Waals surface area contributed by atoms with Gasteiger partial charge in [-0.3, -0.25) is 4.79 Å². The van der Waals surface area contributed by atoms with Gasteiger partial charge >= 0.3 is 0 Å². The van der Waals surface area contributed by atoms with Crippen LogP contribution in [0.5, 0.6) is 5.75 Å². The van der Waals surface area contributed by atoms with Crippen LogP contribution < -0.4 is 10.1 Å². The Hall–Kier alpha value is -1.85. The van der Waals surface area contributed by atoms with Crippen LogP contribution in [0.2, 0.25) is 10.2 Å². The number of rotatable bonds is 4. The zero-order valence-corrected chi connectivity index (χ0v) is 12.5. The summed E-state index contributed by atoms with van der Waals surface area (Å²) in [6.45, 7) is 2.09. The number of benzene rings is 1. The Morgan fingerprint density at radius 1 is 1.33 bits per heavy atom. The summed E-state index contributed by atoms with van der Waals surface area (Å²) in [5.41, 5.74) is 0.303. The third-order valence-corrected chi connectivity index (χ3v) is 3.03. The lowest BCUT2D eigenvalue weighted by Crippen LogP contribution is -2.15.